The van der Waals surface area contributed by atoms with Gasteiger partial charge in [0, 0.05) is 32.3 Å². The van der Waals surface area contributed by atoms with Crippen LogP contribution in [0, 0.1) is 11.7 Å². The summed E-state index contributed by atoms with van der Waals surface area (Å²) in [5.41, 5.74) is 6.76. The topological polar surface area (TPSA) is 38.5 Å². The van der Waals surface area contributed by atoms with E-state index < -0.39 is 0 Å². The number of hydrogen-bond acceptors (Lipinski definition) is 3. The van der Waals surface area contributed by atoms with E-state index in [-0.39, 0.29) is 16.9 Å². The minimum atomic E-state index is -0.387. The van der Waals surface area contributed by atoms with Crippen molar-refractivity contribution in [1.29, 1.82) is 0 Å². The first-order valence-corrected chi connectivity index (χ1v) is 7.42. The largest absolute Gasteiger partial charge is 0.381 e. The number of likely N-dealkylation sites (N-methyl/N-ethyl adjacent to an activating group) is 1. The number of hydrogen-bond donors (Lipinski definition) is 1. The molecule has 1 aromatic rings. The van der Waals surface area contributed by atoms with Crippen molar-refractivity contribution in [3.63, 3.8) is 0 Å². The lowest BCUT2D eigenvalue weighted by molar-refractivity contribution is 0.0507. The summed E-state index contributed by atoms with van der Waals surface area (Å²) in [6, 6.07) is 4.95. The molecule has 0 amide bonds. The summed E-state index contributed by atoms with van der Waals surface area (Å²) in [6.45, 7) is 3.08. The Bertz CT molecular complexity index is 438. The van der Waals surface area contributed by atoms with Crippen LogP contribution in [0.3, 0.4) is 0 Å². The summed E-state index contributed by atoms with van der Waals surface area (Å²) < 4.78 is 19.0. The summed E-state index contributed by atoms with van der Waals surface area (Å²) in [6.07, 6.45) is 2.16. The van der Waals surface area contributed by atoms with Gasteiger partial charge in [-0.15, -0.1) is 0 Å². The SMILES string of the molecule is CN(CC1CCOCC1)C(CN)c1ccc(Cl)c(F)c1. The second-order valence-electron chi connectivity index (χ2n) is 5.42. The molecule has 1 atom stereocenters. The first-order valence-electron chi connectivity index (χ1n) is 7.04. The van der Waals surface area contributed by atoms with Crippen molar-refractivity contribution in [2.45, 2.75) is 18.9 Å². The van der Waals surface area contributed by atoms with Crippen molar-refractivity contribution >= 4 is 11.6 Å². The molecule has 1 aromatic carbocycles. The summed E-state index contributed by atoms with van der Waals surface area (Å²) >= 11 is 5.73. The molecule has 0 aromatic heterocycles. The van der Waals surface area contributed by atoms with Crippen molar-refractivity contribution in [1.82, 2.24) is 4.90 Å². The standard InChI is InChI=1S/C15H22ClFN2O/c1-19(10-11-4-6-20-7-5-11)15(9-18)12-2-3-13(16)14(17)8-12/h2-3,8,11,15H,4-7,9-10,18H2,1H3. The number of benzene rings is 1. The number of nitrogens with zero attached hydrogens (tertiary/aromatic N) is 1. The van der Waals surface area contributed by atoms with Crippen LogP contribution < -0.4 is 5.73 Å². The van der Waals surface area contributed by atoms with E-state index >= 15 is 0 Å². The van der Waals surface area contributed by atoms with Crippen molar-refractivity contribution in [3.8, 4) is 0 Å². The fourth-order valence-electron chi connectivity index (χ4n) is 2.75. The van der Waals surface area contributed by atoms with Gasteiger partial charge < -0.3 is 10.5 Å². The minimum absolute atomic E-state index is 0.0182. The maximum atomic E-state index is 13.6. The predicted octanol–water partition coefficient (Wildman–Crippen LogP) is 2.84. The molecule has 5 heteroatoms. The molecular formula is C15H22ClFN2O. The van der Waals surface area contributed by atoms with Gasteiger partial charge in [-0.2, -0.15) is 0 Å². The second-order valence-corrected chi connectivity index (χ2v) is 5.83. The average Bonchev–Trinajstić information content (AvgIpc) is 2.44. The Hall–Kier alpha value is -0.680. The van der Waals surface area contributed by atoms with Gasteiger partial charge in [-0.3, -0.25) is 4.90 Å². The third-order valence-corrected chi connectivity index (χ3v) is 4.28. The third kappa shape index (κ3) is 3.92. The molecule has 3 nitrogen and oxygen atoms in total. The maximum absolute atomic E-state index is 13.6. The predicted molar refractivity (Wildman–Crippen MR) is 79.4 cm³/mol. The summed E-state index contributed by atoms with van der Waals surface area (Å²) in [7, 11) is 2.04. The van der Waals surface area contributed by atoms with Crippen LogP contribution in [0.2, 0.25) is 5.02 Å². The van der Waals surface area contributed by atoms with Crippen LogP contribution in [-0.4, -0.2) is 38.3 Å². The highest BCUT2D eigenvalue weighted by Crippen LogP contribution is 2.25. The van der Waals surface area contributed by atoms with Gasteiger partial charge in [0.25, 0.3) is 0 Å². The molecule has 1 unspecified atom stereocenters. The van der Waals surface area contributed by atoms with Crippen molar-refractivity contribution in [3.05, 3.63) is 34.6 Å². The molecule has 2 N–H and O–H groups in total. The first-order chi connectivity index (χ1) is 9.61. The van der Waals surface area contributed by atoms with Gasteiger partial charge in [0.05, 0.1) is 5.02 Å². The van der Waals surface area contributed by atoms with Crippen LogP contribution in [0.15, 0.2) is 18.2 Å². The zero-order chi connectivity index (χ0) is 14.5. The lowest BCUT2D eigenvalue weighted by atomic mass is 9.98. The molecular weight excluding hydrogens is 279 g/mol. The van der Waals surface area contributed by atoms with Gasteiger partial charge in [-0.05, 0) is 43.5 Å². The Kier molecular flexibility index (Phi) is 5.78. The highest BCUT2D eigenvalue weighted by Gasteiger charge is 2.21. The molecule has 0 bridgehead atoms. The van der Waals surface area contributed by atoms with E-state index in [1.807, 2.05) is 13.1 Å². The Balaban J connectivity index is 2.03. The molecule has 1 aliphatic heterocycles. The lowest BCUT2D eigenvalue weighted by Gasteiger charge is -2.32. The molecule has 0 spiro atoms. The van der Waals surface area contributed by atoms with E-state index in [9.17, 15) is 4.39 Å². The molecule has 1 saturated heterocycles. The molecule has 20 heavy (non-hydrogen) atoms. The molecule has 0 radical (unpaired) electrons. The van der Waals surface area contributed by atoms with Crippen molar-refractivity contribution in [2.24, 2.45) is 11.7 Å². The van der Waals surface area contributed by atoms with Gasteiger partial charge in [0.2, 0.25) is 0 Å². The molecule has 2 rings (SSSR count). The van der Waals surface area contributed by atoms with E-state index in [4.69, 9.17) is 22.1 Å². The summed E-state index contributed by atoms with van der Waals surface area (Å²) in [5.74, 6) is 0.238. The Labute approximate surface area is 124 Å². The zero-order valence-electron chi connectivity index (χ0n) is 11.8. The van der Waals surface area contributed by atoms with Crippen LogP contribution in [-0.2, 0) is 4.74 Å². The van der Waals surface area contributed by atoms with Gasteiger partial charge >= 0.3 is 0 Å². The van der Waals surface area contributed by atoms with Crippen molar-refractivity contribution in [2.75, 3.05) is 33.4 Å². The normalized spacial score (nSPS) is 18.4. The number of ether oxygens (including phenoxy) is 1. The smallest absolute Gasteiger partial charge is 0.142 e. The van der Waals surface area contributed by atoms with E-state index in [0.717, 1.165) is 38.2 Å². The highest BCUT2D eigenvalue weighted by molar-refractivity contribution is 6.30. The molecule has 1 fully saturated rings. The molecule has 1 heterocycles. The molecule has 0 aliphatic carbocycles. The molecule has 0 saturated carbocycles. The monoisotopic (exact) mass is 300 g/mol. The lowest BCUT2D eigenvalue weighted by Crippen LogP contribution is -2.36. The molecule has 1 aliphatic rings. The van der Waals surface area contributed by atoms with Crippen LogP contribution >= 0.6 is 11.6 Å². The summed E-state index contributed by atoms with van der Waals surface area (Å²) in [5, 5.41) is 0.150. The van der Waals surface area contributed by atoms with Gasteiger partial charge in [-0.1, -0.05) is 17.7 Å². The quantitative estimate of drug-likeness (QED) is 0.909. The number of rotatable bonds is 5. The van der Waals surface area contributed by atoms with Gasteiger partial charge in [0.15, 0.2) is 0 Å². The third-order valence-electron chi connectivity index (χ3n) is 3.97. The number of halogens is 2. The zero-order valence-corrected chi connectivity index (χ0v) is 12.6. The molecule has 112 valence electrons. The van der Waals surface area contributed by atoms with Crippen molar-refractivity contribution < 1.29 is 9.13 Å². The first kappa shape index (κ1) is 15.7. The Morgan fingerprint density at radius 3 is 2.75 bits per heavy atom. The van der Waals surface area contributed by atoms with Gasteiger partial charge in [0.1, 0.15) is 5.82 Å². The Morgan fingerprint density at radius 1 is 1.45 bits per heavy atom. The van der Waals surface area contributed by atoms with Gasteiger partial charge in [-0.25, -0.2) is 4.39 Å². The summed E-state index contributed by atoms with van der Waals surface area (Å²) in [4.78, 5) is 2.21. The van der Waals surface area contributed by atoms with E-state index in [0.29, 0.717) is 12.5 Å². The van der Waals surface area contributed by atoms with E-state index in [1.165, 1.54) is 6.07 Å². The van der Waals surface area contributed by atoms with E-state index in [1.54, 1.807) is 6.07 Å². The van der Waals surface area contributed by atoms with E-state index in [2.05, 4.69) is 4.90 Å². The fraction of sp³-hybridized carbons (Fsp3) is 0.600. The average molecular weight is 301 g/mol. The van der Waals surface area contributed by atoms with Crippen LogP contribution in [0.5, 0.6) is 0 Å². The number of nitrogens with two attached hydrogens (primary N) is 1. The Morgan fingerprint density at radius 2 is 2.15 bits per heavy atom. The second kappa shape index (κ2) is 7.36. The van der Waals surface area contributed by atoms with Crippen LogP contribution in [0.25, 0.3) is 0 Å². The van der Waals surface area contributed by atoms with Crippen LogP contribution in [0.1, 0.15) is 24.4 Å². The maximum Gasteiger partial charge on any atom is 0.142 e. The minimum Gasteiger partial charge on any atom is -0.381 e. The highest BCUT2D eigenvalue weighted by atomic mass is 35.5. The van der Waals surface area contributed by atoms with Crippen LogP contribution in [0.4, 0.5) is 4.39 Å². The fourth-order valence-corrected chi connectivity index (χ4v) is 2.87.